The van der Waals surface area contributed by atoms with Gasteiger partial charge in [0.05, 0.1) is 5.52 Å². The third kappa shape index (κ3) is 3.90. The number of amides is 1. The van der Waals surface area contributed by atoms with E-state index in [1.165, 1.54) is 17.3 Å². The number of rotatable bonds is 4. The van der Waals surface area contributed by atoms with Crippen molar-refractivity contribution in [2.45, 2.75) is 19.9 Å². The van der Waals surface area contributed by atoms with Gasteiger partial charge in [-0.15, -0.1) is 0 Å². The molecule has 1 saturated heterocycles. The minimum atomic E-state index is -0.156. The Hall–Kier alpha value is -3.28. The standard InChI is InChI=1S/C24H27N3O3/c1-17-7-6-8-19(13-17)27-12-11-26(15-18(27)2)24(29)16-30-22-14-23(28)25(3)21-10-5-4-9-20(21)22/h4-10,13-14,18H,11-12,15-16H2,1-3H3/t18-/m0/s1. The lowest BCUT2D eigenvalue weighted by atomic mass is 10.1. The van der Waals surface area contributed by atoms with E-state index < -0.39 is 0 Å². The van der Waals surface area contributed by atoms with Crippen molar-refractivity contribution in [2.75, 3.05) is 31.1 Å². The molecule has 2 aromatic carbocycles. The maximum absolute atomic E-state index is 12.8. The Morgan fingerprint density at radius 3 is 2.67 bits per heavy atom. The lowest BCUT2D eigenvalue weighted by Crippen LogP contribution is -2.54. The van der Waals surface area contributed by atoms with Gasteiger partial charge in [0.15, 0.2) is 6.61 Å². The van der Waals surface area contributed by atoms with Gasteiger partial charge >= 0.3 is 0 Å². The first kappa shape index (κ1) is 20.0. The molecule has 1 fully saturated rings. The third-order valence-corrected chi connectivity index (χ3v) is 5.78. The highest BCUT2D eigenvalue weighted by Gasteiger charge is 2.27. The summed E-state index contributed by atoms with van der Waals surface area (Å²) in [6, 6.07) is 17.7. The van der Waals surface area contributed by atoms with E-state index in [1.54, 1.807) is 11.6 Å². The van der Waals surface area contributed by atoms with Crippen molar-refractivity contribution in [3.63, 3.8) is 0 Å². The van der Waals surface area contributed by atoms with Crippen LogP contribution in [0.1, 0.15) is 12.5 Å². The van der Waals surface area contributed by atoms with Crippen molar-refractivity contribution in [3.8, 4) is 5.75 Å². The van der Waals surface area contributed by atoms with Crippen molar-refractivity contribution in [1.82, 2.24) is 9.47 Å². The Labute approximate surface area is 176 Å². The maximum Gasteiger partial charge on any atom is 0.260 e. The first-order valence-corrected chi connectivity index (χ1v) is 10.3. The molecule has 1 amide bonds. The fourth-order valence-electron chi connectivity index (χ4n) is 4.10. The van der Waals surface area contributed by atoms with Gasteiger partial charge in [-0.1, -0.05) is 24.3 Å². The van der Waals surface area contributed by atoms with Gasteiger partial charge in [-0.25, -0.2) is 0 Å². The van der Waals surface area contributed by atoms with Gasteiger partial charge in [0.25, 0.3) is 11.5 Å². The van der Waals surface area contributed by atoms with E-state index in [2.05, 4.69) is 43.0 Å². The van der Waals surface area contributed by atoms with Gasteiger partial charge in [-0.05, 0) is 43.7 Å². The molecule has 4 rings (SSSR count). The minimum Gasteiger partial charge on any atom is -0.483 e. The number of carbonyl (C=O) groups is 1. The van der Waals surface area contributed by atoms with E-state index in [4.69, 9.17) is 4.74 Å². The normalized spacial score (nSPS) is 16.7. The first-order valence-electron chi connectivity index (χ1n) is 10.3. The van der Waals surface area contributed by atoms with Crippen LogP contribution in [0.4, 0.5) is 5.69 Å². The molecule has 1 aliphatic rings. The number of anilines is 1. The van der Waals surface area contributed by atoms with Crippen molar-refractivity contribution in [3.05, 3.63) is 70.5 Å². The molecule has 6 nitrogen and oxygen atoms in total. The van der Waals surface area contributed by atoms with Crippen LogP contribution in [0.3, 0.4) is 0 Å². The Morgan fingerprint density at radius 2 is 1.90 bits per heavy atom. The molecule has 1 aromatic heterocycles. The Kier molecular flexibility index (Phi) is 5.48. The van der Waals surface area contributed by atoms with Crippen molar-refractivity contribution in [2.24, 2.45) is 7.05 Å². The number of carbonyl (C=O) groups excluding carboxylic acids is 1. The summed E-state index contributed by atoms with van der Waals surface area (Å²) in [7, 11) is 1.73. The van der Waals surface area contributed by atoms with Crippen LogP contribution in [0.25, 0.3) is 10.9 Å². The molecule has 0 bridgehead atoms. The van der Waals surface area contributed by atoms with Crippen LogP contribution < -0.4 is 15.2 Å². The molecule has 2 heterocycles. The fraction of sp³-hybridized carbons (Fsp3) is 0.333. The molecular weight excluding hydrogens is 378 g/mol. The predicted molar refractivity (Wildman–Crippen MR) is 119 cm³/mol. The third-order valence-electron chi connectivity index (χ3n) is 5.78. The molecule has 0 spiro atoms. The summed E-state index contributed by atoms with van der Waals surface area (Å²) in [6.07, 6.45) is 0. The zero-order chi connectivity index (χ0) is 21.3. The van der Waals surface area contributed by atoms with Gasteiger partial charge in [0.2, 0.25) is 0 Å². The van der Waals surface area contributed by atoms with Crippen LogP contribution in [-0.4, -0.2) is 47.7 Å². The molecule has 1 aliphatic heterocycles. The summed E-state index contributed by atoms with van der Waals surface area (Å²) in [5, 5.41) is 0.824. The number of para-hydroxylation sites is 1. The highest BCUT2D eigenvalue weighted by Crippen LogP contribution is 2.24. The van der Waals surface area contributed by atoms with Gasteiger partial charge in [-0.3, -0.25) is 9.59 Å². The minimum absolute atomic E-state index is 0.0597. The molecule has 6 heteroatoms. The second-order valence-electron chi connectivity index (χ2n) is 7.93. The number of pyridine rings is 1. The van der Waals surface area contributed by atoms with Crippen molar-refractivity contribution in [1.29, 1.82) is 0 Å². The number of ether oxygens (including phenoxy) is 1. The van der Waals surface area contributed by atoms with Crippen LogP contribution >= 0.6 is 0 Å². The second-order valence-corrected chi connectivity index (χ2v) is 7.93. The summed E-state index contributed by atoms with van der Waals surface area (Å²) in [5.41, 5.74) is 3.05. The summed E-state index contributed by atoms with van der Waals surface area (Å²) in [6.45, 7) is 6.23. The number of nitrogens with zero attached hydrogens (tertiary/aromatic N) is 3. The first-order chi connectivity index (χ1) is 14.4. The molecule has 0 saturated carbocycles. The van der Waals surface area contributed by atoms with E-state index in [1.807, 2.05) is 29.2 Å². The van der Waals surface area contributed by atoms with Crippen LogP contribution in [0.15, 0.2) is 59.4 Å². The highest BCUT2D eigenvalue weighted by molar-refractivity contribution is 5.86. The SMILES string of the molecule is Cc1cccc(N2CCN(C(=O)COc3cc(=O)n(C)c4ccccc34)C[C@@H]2C)c1. The molecule has 1 atom stereocenters. The Morgan fingerprint density at radius 1 is 1.10 bits per heavy atom. The number of hydrogen-bond donors (Lipinski definition) is 0. The Balaban J connectivity index is 1.43. The van der Waals surface area contributed by atoms with E-state index >= 15 is 0 Å². The number of aryl methyl sites for hydroxylation is 2. The van der Waals surface area contributed by atoms with Crippen molar-refractivity contribution < 1.29 is 9.53 Å². The number of hydrogen-bond acceptors (Lipinski definition) is 4. The van der Waals surface area contributed by atoms with Crippen molar-refractivity contribution >= 4 is 22.5 Å². The van der Waals surface area contributed by atoms with Gasteiger partial charge in [0.1, 0.15) is 5.75 Å². The number of benzene rings is 2. The molecule has 30 heavy (non-hydrogen) atoms. The molecule has 3 aromatic rings. The Bertz CT molecular complexity index is 1140. The zero-order valence-corrected chi connectivity index (χ0v) is 17.7. The van der Waals surface area contributed by atoms with Crippen LogP contribution in [0.5, 0.6) is 5.75 Å². The molecule has 0 N–H and O–H groups in total. The molecular formula is C24H27N3O3. The summed E-state index contributed by atoms with van der Waals surface area (Å²) >= 11 is 0. The maximum atomic E-state index is 12.8. The zero-order valence-electron chi connectivity index (χ0n) is 17.7. The average molecular weight is 405 g/mol. The van der Waals surface area contributed by atoms with Crippen LogP contribution in [-0.2, 0) is 11.8 Å². The predicted octanol–water partition coefficient (Wildman–Crippen LogP) is 2.96. The van der Waals surface area contributed by atoms with E-state index in [9.17, 15) is 9.59 Å². The van der Waals surface area contributed by atoms with E-state index in [-0.39, 0.29) is 24.1 Å². The molecule has 0 aliphatic carbocycles. The second kappa shape index (κ2) is 8.22. The molecule has 0 radical (unpaired) electrons. The van der Waals surface area contributed by atoms with Crippen LogP contribution in [0, 0.1) is 6.92 Å². The fourth-order valence-corrected chi connectivity index (χ4v) is 4.10. The van der Waals surface area contributed by atoms with E-state index in [0.717, 1.165) is 17.4 Å². The molecule has 156 valence electrons. The number of aromatic nitrogens is 1. The molecule has 0 unspecified atom stereocenters. The number of piperazine rings is 1. The summed E-state index contributed by atoms with van der Waals surface area (Å²) in [4.78, 5) is 29.2. The largest absolute Gasteiger partial charge is 0.483 e. The quantitative estimate of drug-likeness (QED) is 0.670. The van der Waals surface area contributed by atoms with Gasteiger partial charge < -0.3 is 19.1 Å². The van der Waals surface area contributed by atoms with Gasteiger partial charge in [-0.2, -0.15) is 0 Å². The van der Waals surface area contributed by atoms with E-state index in [0.29, 0.717) is 18.8 Å². The smallest absolute Gasteiger partial charge is 0.260 e. The lowest BCUT2D eigenvalue weighted by Gasteiger charge is -2.41. The summed E-state index contributed by atoms with van der Waals surface area (Å²) < 4.78 is 7.39. The summed E-state index contributed by atoms with van der Waals surface area (Å²) in [5.74, 6) is 0.393. The lowest BCUT2D eigenvalue weighted by molar-refractivity contribution is -0.134. The van der Waals surface area contributed by atoms with Crippen LogP contribution in [0.2, 0.25) is 0 Å². The van der Waals surface area contributed by atoms with Gasteiger partial charge in [0, 0.05) is 49.9 Å². The number of fused-ring (bicyclic) bond motifs is 1. The highest BCUT2D eigenvalue weighted by atomic mass is 16.5. The average Bonchev–Trinajstić information content (AvgIpc) is 2.75. The monoisotopic (exact) mass is 405 g/mol. The topological polar surface area (TPSA) is 54.8 Å².